The number of hydrogen-bond donors (Lipinski definition) is 1. The van der Waals surface area contributed by atoms with E-state index in [9.17, 15) is 4.79 Å². The van der Waals surface area contributed by atoms with E-state index in [1.807, 2.05) is 23.9 Å². The molecule has 1 saturated heterocycles. The fraction of sp³-hybridized carbons (Fsp3) is 0.636. The van der Waals surface area contributed by atoms with Gasteiger partial charge in [-0.2, -0.15) is 0 Å². The van der Waals surface area contributed by atoms with E-state index in [0.29, 0.717) is 11.4 Å². The third-order valence-corrected chi connectivity index (χ3v) is 8.58. The Kier molecular flexibility index (Phi) is 6.12. The van der Waals surface area contributed by atoms with Gasteiger partial charge in [0.1, 0.15) is 0 Å². The topological polar surface area (TPSA) is 44.7 Å². The second-order valence-electron chi connectivity index (χ2n) is 9.37. The lowest BCUT2D eigenvalue weighted by molar-refractivity contribution is -0.116. The SMILES string of the molecule is CN1C(=NC23CC4CC(CC(C4)C2)C3)SCC1CC(=O)Nc1ccc(Cl)cc1.Cl. The molecule has 4 aliphatic carbocycles. The summed E-state index contributed by atoms with van der Waals surface area (Å²) < 4.78 is 0. The fourth-order valence-corrected chi connectivity index (χ4v) is 7.63. The van der Waals surface area contributed by atoms with Crippen LogP contribution in [0.5, 0.6) is 0 Å². The van der Waals surface area contributed by atoms with Crippen LogP contribution in [0.15, 0.2) is 29.3 Å². The molecular weight excluding hydrogens is 425 g/mol. The van der Waals surface area contributed by atoms with Crippen molar-refractivity contribution >= 4 is 52.5 Å². The maximum Gasteiger partial charge on any atom is 0.226 e. The lowest BCUT2D eigenvalue weighted by atomic mass is 9.53. The number of amidine groups is 1. The van der Waals surface area contributed by atoms with Gasteiger partial charge in [0.05, 0.1) is 5.54 Å². The Morgan fingerprint density at radius 2 is 1.76 bits per heavy atom. The van der Waals surface area contributed by atoms with Crippen LogP contribution in [0.25, 0.3) is 0 Å². The highest BCUT2D eigenvalue weighted by Gasteiger charge is 2.51. The summed E-state index contributed by atoms with van der Waals surface area (Å²) in [6.07, 6.45) is 8.70. The van der Waals surface area contributed by atoms with Crippen molar-refractivity contribution in [1.82, 2.24) is 4.90 Å². The van der Waals surface area contributed by atoms with Crippen molar-refractivity contribution in [2.24, 2.45) is 22.7 Å². The summed E-state index contributed by atoms with van der Waals surface area (Å²) in [5.74, 6) is 3.72. The minimum Gasteiger partial charge on any atom is -0.350 e. The van der Waals surface area contributed by atoms with E-state index in [1.165, 1.54) is 38.5 Å². The predicted molar refractivity (Wildman–Crippen MR) is 124 cm³/mol. The van der Waals surface area contributed by atoms with Gasteiger partial charge in [-0.1, -0.05) is 23.4 Å². The van der Waals surface area contributed by atoms with Gasteiger partial charge in [0, 0.05) is 36.0 Å². The highest BCUT2D eigenvalue weighted by atomic mass is 35.5. The first kappa shape index (κ1) is 21.3. The van der Waals surface area contributed by atoms with Gasteiger partial charge in [-0.25, -0.2) is 0 Å². The second-order valence-corrected chi connectivity index (χ2v) is 10.8. The molecule has 1 atom stereocenters. The summed E-state index contributed by atoms with van der Waals surface area (Å²) in [5, 5.41) is 4.82. The van der Waals surface area contributed by atoms with Gasteiger partial charge in [-0.05, 0) is 80.5 Å². The molecule has 5 fully saturated rings. The average Bonchev–Trinajstić information content (AvgIpc) is 2.95. The van der Waals surface area contributed by atoms with E-state index >= 15 is 0 Å². The average molecular weight is 454 g/mol. The molecule has 0 radical (unpaired) electrons. The van der Waals surface area contributed by atoms with Crippen LogP contribution >= 0.6 is 35.8 Å². The number of halogens is 2. The van der Waals surface area contributed by atoms with Crippen molar-refractivity contribution in [2.45, 2.75) is 56.5 Å². The molecule has 1 heterocycles. The molecule has 5 aliphatic rings. The zero-order valence-corrected chi connectivity index (χ0v) is 19.2. The molecule has 0 aromatic heterocycles. The number of carbonyl (C=O) groups is 1. The summed E-state index contributed by atoms with van der Waals surface area (Å²) in [7, 11) is 2.11. The molecular formula is C22H29Cl2N3OS. The molecule has 1 N–H and O–H groups in total. The number of thioether (sulfide) groups is 1. The Balaban J connectivity index is 0.00000205. The number of rotatable bonds is 4. The van der Waals surface area contributed by atoms with E-state index in [1.54, 1.807) is 12.1 Å². The van der Waals surface area contributed by atoms with Crippen molar-refractivity contribution in [3.8, 4) is 0 Å². The molecule has 158 valence electrons. The highest BCUT2D eigenvalue weighted by molar-refractivity contribution is 8.14. The van der Waals surface area contributed by atoms with Gasteiger partial charge in [0.25, 0.3) is 0 Å². The van der Waals surface area contributed by atoms with Gasteiger partial charge >= 0.3 is 0 Å². The lowest BCUT2D eigenvalue weighted by Gasteiger charge is -2.55. The van der Waals surface area contributed by atoms with E-state index in [-0.39, 0.29) is 29.9 Å². The first-order chi connectivity index (χ1) is 13.5. The molecule has 4 nitrogen and oxygen atoms in total. The normalized spacial score (nSPS) is 36.3. The van der Waals surface area contributed by atoms with Crippen molar-refractivity contribution in [3.05, 3.63) is 29.3 Å². The summed E-state index contributed by atoms with van der Waals surface area (Å²) in [4.78, 5) is 20.1. The maximum atomic E-state index is 12.5. The van der Waals surface area contributed by atoms with E-state index < -0.39 is 0 Å². The van der Waals surface area contributed by atoms with Gasteiger partial charge in [-0.3, -0.25) is 9.79 Å². The molecule has 7 heteroatoms. The zero-order valence-electron chi connectivity index (χ0n) is 16.8. The van der Waals surface area contributed by atoms with Gasteiger partial charge in [0.15, 0.2) is 5.17 Å². The summed E-state index contributed by atoms with van der Waals surface area (Å²) in [6.45, 7) is 0. The molecule has 1 aliphatic heterocycles. The molecule has 6 rings (SSSR count). The van der Waals surface area contributed by atoms with E-state index in [2.05, 4.69) is 17.3 Å². The molecule has 4 bridgehead atoms. The molecule has 29 heavy (non-hydrogen) atoms. The third-order valence-electron chi connectivity index (χ3n) is 7.14. The number of nitrogens with zero attached hydrogens (tertiary/aromatic N) is 2. The molecule has 4 saturated carbocycles. The van der Waals surface area contributed by atoms with Crippen LogP contribution in [-0.4, -0.2) is 40.4 Å². The number of anilines is 1. The van der Waals surface area contributed by atoms with Crippen LogP contribution in [0.4, 0.5) is 5.69 Å². The highest BCUT2D eigenvalue weighted by Crippen LogP contribution is 2.57. The van der Waals surface area contributed by atoms with Crippen LogP contribution in [-0.2, 0) is 4.79 Å². The minimum atomic E-state index is 0. The number of amides is 1. The van der Waals surface area contributed by atoms with Gasteiger partial charge in [-0.15, -0.1) is 12.4 Å². The van der Waals surface area contributed by atoms with Crippen molar-refractivity contribution < 1.29 is 4.79 Å². The fourth-order valence-electron chi connectivity index (χ4n) is 6.21. The van der Waals surface area contributed by atoms with Crippen molar-refractivity contribution in [3.63, 3.8) is 0 Å². The van der Waals surface area contributed by atoms with Crippen molar-refractivity contribution in [2.75, 3.05) is 18.1 Å². The smallest absolute Gasteiger partial charge is 0.226 e. The third kappa shape index (κ3) is 4.42. The first-order valence-corrected chi connectivity index (χ1v) is 11.9. The Bertz CT molecular complexity index is 762. The van der Waals surface area contributed by atoms with E-state index in [0.717, 1.165) is 34.4 Å². The van der Waals surface area contributed by atoms with Crippen molar-refractivity contribution in [1.29, 1.82) is 0 Å². The molecule has 1 aromatic carbocycles. The largest absolute Gasteiger partial charge is 0.350 e. The number of benzene rings is 1. The number of nitrogens with one attached hydrogen (secondary N) is 1. The molecule has 1 amide bonds. The maximum absolute atomic E-state index is 12.5. The van der Waals surface area contributed by atoms with Gasteiger partial charge in [0.2, 0.25) is 5.91 Å². The van der Waals surface area contributed by atoms with Crippen LogP contribution in [0, 0.1) is 17.8 Å². The van der Waals surface area contributed by atoms with Crippen LogP contribution < -0.4 is 5.32 Å². The first-order valence-electron chi connectivity index (χ1n) is 10.5. The minimum absolute atomic E-state index is 0. The number of hydrogen-bond acceptors (Lipinski definition) is 3. The predicted octanol–water partition coefficient (Wildman–Crippen LogP) is 5.46. The van der Waals surface area contributed by atoms with Crippen LogP contribution in [0.1, 0.15) is 44.9 Å². The molecule has 1 aromatic rings. The molecule has 0 spiro atoms. The Morgan fingerprint density at radius 1 is 1.17 bits per heavy atom. The summed E-state index contributed by atoms with van der Waals surface area (Å²) >= 11 is 7.75. The van der Waals surface area contributed by atoms with Crippen LogP contribution in [0.3, 0.4) is 0 Å². The van der Waals surface area contributed by atoms with E-state index in [4.69, 9.17) is 16.6 Å². The Morgan fingerprint density at radius 3 is 2.34 bits per heavy atom. The number of aliphatic imine (C=N–C) groups is 1. The van der Waals surface area contributed by atoms with Crippen LogP contribution in [0.2, 0.25) is 5.02 Å². The monoisotopic (exact) mass is 453 g/mol. The zero-order chi connectivity index (χ0) is 19.3. The summed E-state index contributed by atoms with van der Waals surface area (Å²) in [6, 6.07) is 7.49. The quantitative estimate of drug-likeness (QED) is 0.657. The lowest BCUT2D eigenvalue weighted by Crippen LogP contribution is -2.50. The Labute approximate surface area is 188 Å². The van der Waals surface area contributed by atoms with Gasteiger partial charge < -0.3 is 10.2 Å². The summed E-state index contributed by atoms with van der Waals surface area (Å²) in [5.41, 5.74) is 0.997. The molecule has 1 unspecified atom stereocenters. The Hall–Kier alpha value is -0.910. The second kappa shape index (κ2) is 8.32. The number of carbonyl (C=O) groups excluding carboxylic acids is 1. The standard InChI is InChI=1S/C22H28ClN3OS.ClH/c1-26-19(9-20(27)24-18-4-2-17(23)3-5-18)13-28-21(26)25-22-10-14-6-15(11-22)8-16(7-14)12-22;/h2-5,14-16,19H,6-13H2,1H3,(H,24,27);1H.